The monoisotopic (exact) mass is 686 g/mol. The van der Waals surface area contributed by atoms with Crippen molar-refractivity contribution in [2.45, 2.75) is 56.1 Å². The highest BCUT2D eigenvalue weighted by atomic mass is 35.5. The molecule has 3 saturated heterocycles. The number of hydrogen-bond donors (Lipinski definition) is 0. The van der Waals surface area contributed by atoms with Gasteiger partial charge in [0.1, 0.15) is 5.60 Å². The largest absolute Gasteiger partial charge is 0.367 e. The van der Waals surface area contributed by atoms with Gasteiger partial charge in [-0.05, 0) is 88.1 Å². The molecule has 3 fully saturated rings. The lowest BCUT2D eigenvalue weighted by atomic mass is 9.80. The molecule has 0 radical (unpaired) electrons. The van der Waals surface area contributed by atoms with Gasteiger partial charge in [-0.15, -0.1) is 24.8 Å². The molecule has 1 unspecified atom stereocenters. The van der Waals surface area contributed by atoms with Gasteiger partial charge in [-0.3, -0.25) is 14.5 Å². The standard InChI is InChI=1S/C33H44Cl2N4O3.2ClH/c1-36(2)30(40)24-32(39-16-7-4-8-17-39)13-18-37(19-14-32)20-15-33(27-11-12-28(34)29(35)23-27)25-38(21-22-42-33)31(41)26-9-5-3-6-10-26;;/h3,5-6,9-12,23H,4,7-8,13-22,24-25H2,1-2H3;2*1H. The minimum Gasteiger partial charge on any atom is -0.367 e. The maximum atomic E-state index is 13.5. The van der Waals surface area contributed by atoms with Crippen molar-refractivity contribution in [2.24, 2.45) is 0 Å². The molecule has 0 aliphatic carbocycles. The number of benzene rings is 2. The highest BCUT2D eigenvalue weighted by Crippen LogP contribution is 2.39. The zero-order valence-corrected chi connectivity index (χ0v) is 29.0. The number of morpholine rings is 1. The summed E-state index contributed by atoms with van der Waals surface area (Å²) in [5.41, 5.74) is 0.859. The number of piperidine rings is 2. The van der Waals surface area contributed by atoms with Crippen LogP contribution in [-0.4, -0.2) is 103 Å². The first-order chi connectivity index (χ1) is 20.2. The second-order valence-corrected chi connectivity index (χ2v) is 13.2. The number of hydrogen-bond acceptors (Lipinski definition) is 5. The lowest BCUT2D eigenvalue weighted by molar-refractivity contribution is -0.134. The second-order valence-electron chi connectivity index (χ2n) is 12.4. The summed E-state index contributed by atoms with van der Waals surface area (Å²) in [6.45, 7) is 6.29. The maximum absolute atomic E-state index is 13.5. The molecule has 3 aliphatic rings. The van der Waals surface area contributed by atoms with Crippen LogP contribution >= 0.6 is 48.0 Å². The Bertz CT molecular complexity index is 1240. The summed E-state index contributed by atoms with van der Waals surface area (Å²) in [5, 5.41) is 0.986. The van der Waals surface area contributed by atoms with Gasteiger partial charge in [0.15, 0.2) is 0 Å². The third kappa shape index (κ3) is 8.41. The third-order valence-corrected chi connectivity index (χ3v) is 10.3. The summed E-state index contributed by atoms with van der Waals surface area (Å²) in [5.74, 6) is 0.226. The fraction of sp³-hybridized carbons (Fsp3) is 0.576. The van der Waals surface area contributed by atoms with Gasteiger partial charge in [0.05, 0.1) is 23.2 Å². The van der Waals surface area contributed by atoms with Gasteiger partial charge in [0.2, 0.25) is 5.91 Å². The van der Waals surface area contributed by atoms with E-state index in [1.54, 1.807) is 4.90 Å². The zero-order chi connectivity index (χ0) is 29.7. The van der Waals surface area contributed by atoms with Crippen molar-refractivity contribution in [3.63, 3.8) is 0 Å². The third-order valence-electron chi connectivity index (χ3n) is 9.56. The smallest absolute Gasteiger partial charge is 0.254 e. The van der Waals surface area contributed by atoms with Crippen LogP contribution in [0.15, 0.2) is 48.5 Å². The molecule has 0 bridgehead atoms. The molecule has 3 aliphatic heterocycles. The van der Waals surface area contributed by atoms with Crippen molar-refractivity contribution in [1.82, 2.24) is 19.6 Å². The minimum absolute atomic E-state index is 0. The SMILES string of the molecule is CN(C)C(=O)CC1(N2CCCCC2)CCN(CCC2(c3ccc(Cl)c(Cl)c3)CN(C(=O)c3ccccc3)CCO2)CC1.Cl.Cl. The Balaban J connectivity index is 0.00000264. The molecule has 2 aromatic carbocycles. The Hall–Kier alpha value is -1.58. The molecule has 5 rings (SSSR count). The molecule has 11 heteroatoms. The van der Waals surface area contributed by atoms with Crippen LogP contribution in [0.5, 0.6) is 0 Å². The number of likely N-dealkylation sites (tertiary alicyclic amines) is 2. The molecule has 2 amide bonds. The molecule has 2 aromatic rings. The maximum Gasteiger partial charge on any atom is 0.254 e. The van der Waals surface area contributed by atoms with E-state index in [4.69, 9.17) is 27.9 Å². The molecule has 44 heavy (non-hydrogen) atoms. The quantitative estimate of drug-likeness (QED) is 0.322. The number of nitrogens with zero attached hydrogens (tertiary/aromatic N) is 4. The number of halogens is 4. The van der Waals surface area contributed by atoms with Crippen LogP contribution in [0.1, 0.15) is 60.9 Å². The molecule has 1 atom stereocenters. The Morgan fingerprint density at radius 3 is 2.20 bits per heavy atom. The molecule has 0 aromatic heterocycles. The van der Waals surface area contributed by atoms with E-state index in [9.17, 15) is 9.59 Å². The molecule has 3 heterocycles. The van der Waals surface area contributed by atoms with E-state index in [0.29, 0.717) is 41.7 Å². The lowest BCUT2D eigenvalue weighted by Gasteiger charge is -2.51. The van der Waals surface area contributed by atoms with E-state index in [1.165, 1.54) is 19.3 Å². The van der Waals surface area contributed by atoms with Crippen LogP contribution < -0.4 is 0 Å². The van der Waals surface area contributed by atoms with Crippen molar-refractivity contribution in [3.05, 3.63) is 69.7 Å². The van der Waals surface area contributed by atoms with E-state index in [2.05, 4.69) is 9.80 Å². The van der Waals surface area contributed by atoms with Crippen molar-refractivity contribution < 1.29 is 14.3 Å². The van der Waals surface area contributed by atoms with Crippen molar-refractivity contribution in [1.29, 1.82) is 0 Å². The van der Waals surface area contributed by atoms with Gasteiger partial charge < -0.3 is 19.4 Å². The van der Waals surface area contributed by atoms with Crippen LogP contribution in [0.4, 0.5) is 0 Å². The molecule has 7 nitrogen and oxygen atoms in total. The number of amides is 2. The Kier molecular flexibility index (Phi) is 13.7. The summed E-state index contributed by atoms with van der Waals surface area (Å²) in [7, 11) is 3.72. The van der Waals surface area contributed by atoms with Gasteiger partial charge in [-0.1, -0.05) is 53.9 Å². The van der Waals surface area contributed by atoms with Crippen molar-refractivity contribution in [2.75, 3.05) is 66.5 Å². The van der Waals surface area contributed by atoms with Gasteiger partial charge in [0.25, 0.3) is 5.91 Å². The van der Waals surface area contributed by atoms with E-state index in [1.807, 2.05) is 67.5 Å². The topological polar surface area (TPSA) is 56.3 Å². The molecule has 0 N–H and O–H groups in total. The number of ether oxygens (including phenoxy) is 1. The predicted octanol–water partition coefficient (Wildman–Crippen LogP) is 6.39. The first kappa shape index (κ1) is 36.9. The summed E-state index contributed by atoms with van der Waals surface area (Å²) in [6.07, 6.45) is 6.96. The normalized spacial score (nSPS) is 22.4. The molecular weight excluding hydrogens is 642 g/mol. The van der Waals surface area contributed by atoms with Crippen LogP contribution in [0, 0.1) is 0 Å². The van der Waals surface area contributed by atoms with Gasteiger partial charge >= 0.3 is 0 Å². The Labute approximate surface area is 285 Å². The van der Waals surface area contributed by atoms with Crippen molar-refractivity contribution in [3.8, 4) is 0 Å². The van der Waals surface area contributed by atoms with Crippen molar-refractivity contribution >= 4 is 59.8 Å². The molecular formula is C33H46Cl4N4O3. The summed E-state index contributed by atoms with van der Waals surface area (Å²) >= 11 is 12.8. The van der Waals surface area contributed by atoms with Gasteiger partial charge in [0, 0.05) is 44.7 Å². The number of rotatable bonds is 8. The molecule has 0 spiro atoms. The average molecular weight is 689 g/mol. The van der Waals surface area contributed by atoms with E-state index in [0.717, 1.165) is 57.5 Å². The summed E-state index contributed by atoms with van der Waals surface area (Å²) in [4.78, 5) is 35.2. The van der Waals surface area contributed by atoms with Crippen LogP contribution in [0.25, 0.3) is 0 Å². The van der Waals surface area contributed by atoms with Gasteiger partial charge in [-0.2, -0.15) is 0 Å². The van der Waals surface area contributed by atoms with Gasteiger partial charge in [-0.25, -0.2) is 0 Å². The summed E-state index contributed by atoms with van der Waals surface area (Å²) < 4.78 is 6.59. The zero-order valence-electron chi connectivity index (χ0n) is 25.8. The fourth-order valence-corrected chi connectivity index (χ4v) is 7.21. The minimum atomic E-state index is -0.695. The Morgan fingerprint density at radius 2 is 1.57 bits per heavy atom. The number of carbonyl (C=O) groups excluding carboxylic acids is 2. The van der Waals surface area contributed by atoms with E-state index in [-0.39, 0.29) is 42.2 Å². The highest BCUT2D eigenvalue weighted by molar-refractivity contribution is 6.42. The first-order valence-electron chi connectivity index (χ1n) is 15.3. The molecule has 244 valence electrons. The van der Waals surface area contributed by atoms with E-state index >= 15 is 0 Å². The van der Waals surface area contributed by atoms with Crippen LogP contribution in [0.3, 0.4) is 0 Å². The van der Waals surface area contributed by atoms with Crippen LogP contribution in [0.2, 0.25) is 10.0 Å². The second kappa shape index (κ2) is 16.3. The fourth-order valence-electron chi connectivity index (χ4n) is 6.91. The predicted molar refractivity (Wildman–Crippen MR) is 183 cm³/mol. The Morgan fingerprint density at radius 1 is 0.886 bits per heavy atom. The summed E-state index contributed by atoms with van der Waals surface area (Å²) in [6, 6.07) is 15.1. The lowest BCUT2D eigenvalue weighted by Crippen LogP contribution is -2.59. The van der Waals surface area contributed by atoms with E-state index < -0.39 is 5.60 Å². The molecule has 0 saturated carbocycles. The number of carbonyl (C=O) groups is 2. The first-order valence-corrected chi connectivity index (χ1v) is 16.1. The van der Waals surface area contributed by atoms with Crippen LogP contribution in [-0.2, 0) is 15.1 Å². The average Bonchev–Trinajstić information content (AvgIpc) is 3.02. The highest BCUT2D eigenvalue weighted by Gasteiger charge is 2.44.